The normalized spacial score (nSPS) is 10.6. The molecular formula is C22H30ClNO2. The first-order valence-corrected chi connectivity index (χ1v) is 9.84. The van der Waals surface area contributed by atoms with E-state index in [1.165, 1.54) is 19.3 Å². The minimum atomic E-state index is 0.593. The summed E-state index contributed by atoms with van der Waals surface area (Å²) in [7, 11) is 0. The van der Waals surface area contributed by atoms with E-state index in [0.29, 0.717) is 6.61 Å². The molecule has 0 saturated heterocycles. The molecular weight excluding hydrogens is 346 g/mol. The van der Waals surface area contributed by atoms with Crippen molar-refractivity contribution in [3.8, 4) is 11.5 Å². The van der Waals surface area contributed by atoms with Crippen LogP contribution in [-0.2, 0) is 0 Å². The third-order valence-electron chi connectivity index (χ3n) is 4.23. The molecule has 26 heavy (non-hydrogen) atoms. The second-order valence-corrected chi connectivity index (χ2v) is 6.96. The fourth-order valence-corrected chi connectivity index (χ4v) is 2.85. The van der Waals surface area contributed by atoms with Crippen LogP contribution in [-0.4, -0.2) is 19.8 Å². The summed E-state index contributed by atoms with van der Waals surface area (Å²) in [5.74, 6) is 1.79. The molecule has 2 aromatic carbocycles. The molecule has 142 valence electrons. The number of anilines is 1. The largest absolute Gasteiger partial charge is 0.494 e. The first-order chi connectivity index (χ1) is 12.6. The van der Waals surface area contributed by atoms with E-state index in [1.54, 1.807) is 0 Å². The zero-order valence-electron chi connectivity index (χ0n) is 16.1. The van der Waals surface area contributed by atoms with Gasteiger partial charge in [0.25, 0.3) is 0 Å². The van der Waals surface area contributed by atoms with Crippen LogP contribution >= 0.6 is 11.6 Å². The summed E-state index contributed by atoms with van der Waals surface area (Å²) in [6.45, 7) is 8.32. The molecule has 0 aliphatic heterocycles. The van der Waals surface area contributed by atoms with Crippen molar-refractivity contribution in [1.82, 2.24) is 0 Å². The standard InChI is InChI=1S/C22H30ClNO2/c1-4-5-6-7-13-25-20-10-8-19(9-11-20)24-12-14-26-21-15-17(2)22(23)18(3)16-21/h8-11,15-16,24H,4-7,12-14H2,1-3H3. The zero-order valence-corrected chi connectivity index (χ0v) is 16.9. The van der Waals surface area contributed by atoms with Gasteiger partial charge in [-0.05, 0) is 67.8 Å². The monoisotopic (exact) mass is 375 g/mol. The van der Waals surface area contributed by atoms with E-state index in [9.17, 15) is 0 Å². The number of ether oxygens (including phenoxy) is 2. The second kappa shape index (κ2) is 11.0. The minimum Gasteiger partial charge on any atom is -0.494 e. The highest BCUT2D eigenvalue weighted by molar-refractivity contribution is 6.32. The fourth-order valence-electron chi connectivity index (χ4n) is 2.74. The molecule has 0 bridgehead atoms. The Labute approximate surface area is 162 Å². The summed E-state index contributed by atoms with van der Waals surface area (Å²) in [5, 5.41) is 4.17. The third kappa shape index (κ3) is 6.80. The van der Waals surface area contributed by atoms with E-state index >= 15 is 0 Å². The van der Waals surface area contributed by atoms with Crippen LogP contribution in [0.5, 0.6) is 11.5 Å². The Bertz CT molecular complexity index is 647. The smallest absolute Gasteiger partial charge is 0.120 e. The van der Waals surface area contributed by atoms with Crippen LogP contribution in [0.3, 0.4) is 0 Å². The SMILES string of the molecule is CCCCCCOc1ccc(NCCOc2cc(C)c(Cl)c(C)c2)cc1. The summed E-state index contributed by atoms with van der Waals surface area (Å²) in [6.07, 6.45) is 4.89. The number of nitrogens with one attached hydrogen (secondary N) is 1. The quantitative estimate of drug-likeness (QED) is 0.460. The number of hydrogen-bond acceptors (Lipinski definition) is 3. The second-order valence-electron chi connectivity index (χ2n) is 6.58. The van der Waals surface area contributed by atoms with E-state index in [-0.39, 0.29) is 0 Å². The molecule has 0 unspecified atom stereocenters. The Morgan fingerprint density at radius 1 is 0.846 bits per heavy atom. The molecule has 3 nitrogen and oxygen atoms in total. The van der Waals surface area contributed by atoms with E-state index in [2.05, 4.69) is 12.2 Å². The molecule has 2 rings (SSSR count). The van der Waals surface area contributed by atoms with Gasteiger partial charge in [-0.2, -0.15) is 0 Å². The lowest BCUT2D eigenvalue weighted by Gasteiger charge is -2.12. The van der Waals surface area contributed by atoms with Gasteiger partial charge in [0.2, 0.25) is 0 Å². The lowest BCUT2D eigenvalue weighted by molar-refractivity contribution is 0.305. The van der Waals surface area contributed by atoms with Crippen LogP contribution in [0.25, 0.3) is 0 Å². The van der Waals surface area contributed by atoms with Crippen molar-refractivity contribution in [2.45, 2.75) is 46.5 Å². The number of aryl methyl sites for hydroxylation is 2. The Kier molecular flexibility index (Phi) is 8.63. The van der Waals surface area contributed by atoms with Gasteiger partial charge in [0, 0.05) is 17.3 Å². The molecule has 0 fully saturated rings. The molecule has 0 atom stereocenters. The van der Waals surface area contributed by atoms with Gasteiger partial charge in [-0.25, -0.2) is 0 Å². The van der Waals surface area contributed by atoms with Crippen molar-refractivity contribution in [2.24, 2.45) is 0 Å². The Morgan fingerprint density at radius 3 is 2.15 bits per heavy atom. The predicted octanol–water partition coefficient (Wildman–Crippen LogP) is 6.41. The van der Waals surface area contributed by atoms with Gasteiger partial charge in [0.05, 0.1) is 6.61 Å². The number of benzene rings is 2. The third-order valence-corrected chi connectivity index (χ3v) is 4.83. The van der Waals surface area contributed by atoms with Crippen LogP contribution < -0.4 is 14.8 Å². The highest BCUT2D eigenvalue weighted by Crippen LogP contribution is 2.25. The van der Waals surface area contributed by atoms with Crippen molar-refractivity contribution < 1.29 is 9.47 Å². The molecule has 0 aliphatic rings. The summed E-state index contributed by atoms with van der Waals surface area (Å²) in [6, 6.07) is 12.0. The van der Waals surface area contributed by atoms with Gasteiger partial charge < -0.3 is 14.8 Å². The highest BCUT2D eigenvalue weighted by Gasteiger charge is 2.03. The lowest BCUT2D eigenvalue weighted by Crippen LogP contribution is -2.11. The van der Waals surface area contributed by atoms with Crippen LogP contribution in [0.2, 0.25) is 5.02 Å². The molecule has 0 radical (unpaired) electrons. The Morgan fingerprint density at radius 2 is 1.50 bits per heavy atom. The predicted molar refractivity (Wildman–Crippen MR) is 111 cm³/mol. The molecule has 0 saturated carbocycles. The van der Waals surface area contributed by atoms with Crippen LogP contribution in [0.4, 0.5) is 5.69 Å². The van der Waals surface area contributed by atoms with Gasteiger partial charge >= 0.3 is 0 Å². The maximum atomic E-state index is 6.18. The van der Waals surface area contributed by atoms with Crippen molar-refractivity contribution in [2.75, 3.05) is 25.1 Å². The van der Waals surface area contributed by atoms with Gasteiger partial charge in [0.1, 0.15) is 18.1 Å². The molecule has 0 aliphatic carbocycles. The first-order valence-electron chi connectivity index (χ1n) is 9.46. The zero-order chi connectivity index (χ0) is 18.8. The van der Waals surface area contributed by atoms with Gasteiger partial charge in [-0.1, -0.05) is 37.8 Å². The summed E-state index contributed by atoms with van der Waals surface area (Å²) in [5.41, 5.74) is 3.15. The lowest BCUT2D eigenvalue weighted by atomic mass is 10.1. The topological polar surface area (TPSA) is 30.5 Å². The summed E-state index contributed by atoms with van der Waals surface area (Å²) >= 11 is 6.18. The average Bonchev–Trinajstić information content (AvgIpc) is 2.64. The molecule has 2 aromatic rings. The van der Waals surface area contributed by atoms with Crippen molar-refractivity contribution >= 4 is 17.3 Å². The molecule has 0 spiro atoms. The minimum absolute atomic E-state index is 0.593. The summed E-state index contributed by atoms with van der Waals surface area (Å²) < 4.78 is 11.6. The average molecular weight is 376 g/mol. The Balaban J connectivity index is 1.68. The van der Waals surface area contributed by atoms with Gasteiger partial charge in [-0.15, -0.1) is 0 Å². The van der Waals surface area contributed by atoms with Crippen LogP contribution in [0.15, 0.2) is 36.4 Å². The number of rotatable bonds is 11. The van der Waals surface area contributed by atoms with Crippen molar-refractivity contribution in [1.29, 1.82) is 0 Å². The highest BCUT2D eigenvalue weighted by atomic mass is 35.5. The number of halogens is 1. The van der Waals surface area contributed by atoms with Crippen LogP contribution in [0, 0.1) is 13.8 Å². The number of unbranched alkanes of at least 4 members (excludes halogenated alkanes) is 3. The van der Waals surface area contributed by atoms with Crippen LogP contribution in [0.1, 0.15) is 43.7 Å². The van der Waals surface area contributed by atoms with Gasteiger partial charge in [0.15, 0.2) is 0 Å². The molecule has 1 N–H and O–H groups in total. The number of hydrogen-bond donors (Lipinski definition) is 1. The molecule has 0 amide bonds. The fraction of sp³-hybridized carbons (Fsp3) is 0.455. The van der Waals surface area contributed by atoms with Gasteiger partial charge in [-0.3, -0.25) is 0 Å². The molecule has 0 heterocycles. The van der Waals surface area contributed by atoms with Crippen molar-refractivity contribution in [3.63, 3.8) is 0 Å². The Hall–Kier alpha value is -1.87. The van der Waals surface area contributed by atoms with E-state index in [0.717, 1.165) is 52.9 Å². The first kappa shape index (κ1) is 20.4. The van der Waals surface area contributed by atoms with E-state index in [4.69, 9.17) is 21.1 Å². The maximum Gasteiger partial charge on any atom is 0.120 e. The van der Waals surface area contributed by atoms with Crippen molar-refractivity contribution in [3.05, 3.63) is 52.5 Å². The maximum absolute atomic E-state index is 6.18. The van der Waals surface area contributed by atoms with E-state index < -0.39 is 0 Å². The molecule has 0 aromatic heterocycles. The molecule has 4 heteroatoms. The van der Waals surface area contributed by atoms with E-state index in [1.807, 2.05) is 50.2 Å². The summed E-state index contributed by atoms with van der Waals surface area (Å²) in [4.78, 5) is 0.